The van der Waals surface area contributed by atoms with Gasteiger partial charge in [0.2, 0.25) is 0 Å². The van der Waals surface area contributed by atoms with Crippen LogP contribution in [0, 0.1) is 18.6 Å². The Kier molecular flexibility index (Phi) is 5.02. The average Bonchev–Trinajstić information content (AvgIpc) is 2.32. The molecule has 1 aromatic rings. The highest BCUT2D eigenvalue weighted by Gasteiger charge is 2.23. The fourth-order valence-electron chi connectivity index (χ4n) is 1.81. The summed E-state index contributed by atoms with van der Waals surface area (Å²) in [4.78, 5) is 0. The van der Waals surface area contributed by atoms with Gasteiger partial charge in [-0.1, -0.05) is 19.1 Å². The van der Waals surface area contributed by atoms with Crippen LogP contribution in [0.25, 0.3) is 0 Å². The summed E-state index contributed by atoms with van der Waals surface area (Å²) in [7, 11) is 0. The van der Waals surface area contributed by atoms with Crippen LogP contribution in [0.5, 0.6) is 0 Å². The zero-order valence-electron chi connectivity index (χ0n) is 10.5. The topological polar surface area (TPSA) is 35.2 Å². The summed E-state index contributed by atoms with van der Waals surface area (Å²) in [6.07, 6.45) is 0.362. The van der Waals surface area contributed by atoms with E-state index in [4.69, 9.17) is 10.5 Å². The van der Waals surface area contributed by atoms with Crippen molar-refractivity contribution in [2.75, 3.05) is 6.61 Å². The maximum atomic E-state index is 13.7. The Morgan fingerprint density at radius 2 is 1.88 bits per heavy atom. The molecule has 0 aromatic heterocycles. The summed E-state index contributed by atoms with van der Waals surface area (Å²) in [6.45, 7) is 5.78. The molecule has 1 aromatic carbocycles. The number of hydrogen-bond donors (Lipinski definition) is 1. The first-order valence-electron chi connectivity index (χ1n) is 5.84. The minimum absolute atomic E-state index is 0.174. The second-order valence-corrected chi connectivity index (χ2v) is 4.03. The summed E-state index contributed by atoms with van der Waals surface area (Å²) < 4.78 is 32.6. The van der Waals surface area contributed by atoms with Crippen molar-refractivity contribution in [2.24, 2.45) is 5.73 Å². The van der Waals surface area contributed by atoms with Crippen molar-refractivity contribution in [3.63, 3.8) is 0 Å². The molecule has 0 radical (unpaired) electrons. The SMILES string of the molecule is CCOC(CC)C(N)c1ccc(C)c(F)c1F. The predicted molar refractivity (Wildman–Crippen MR) is 63.7 cm³/mol. The molecule has 0 bridgehead atoms. The van der Waals surface area contributed by atoms with Crippen molar-refractivity contribution < 1.29 is 13.5 Å². The predicted octanol–water partition coefficient (Wildman–Crippen LogP) is 3.09. The lowest BCUT2D eigenvalue weighted by molar-refractivity contribution is 0.0404. The van der Waals surface area contributed by atoms with Gasteiger partial charge in [0.05, 0.1) is 12.1 Å². The van der Waals surface area contributed by atoms with E-state index in [9.17, 15) is 8.78 Å². The fourth-order valence-corrected chi connectivity index (χ4v) is 1.81. The van der Waals surface area contributed by atoms with Crippen molar-refractivity contribution >= 4 is 0 Å². The first-order chi connectivity index (χ1) is 8.02. The van der Waals surface area contributed by atoms with E-state index in [0.29, 0.717) is 13.0 Å². The lowest BCUT2D eigenvalue weighted by Gasteiger charge is -2.23. The molecule has 0 aliphatic heterocycles. The molecule has 2 atom stereocenters. The number of hydrogen-bond acceptors (Lipinski definition) is 2. The quantitative estimate of drug-likeness (QED) is 0.862. The van der Waals surface area contributed by atoms with E-state index in [-0.39, 0.29) is 17.2 Å². The standard InChI is InChI=1S/C13H19F2NO/c1-4-10(17-5-2)13(16)9-7-6-8(3)11(14)12(9)15/h6-7,10,13H,4-5,16H2,1-3H3. The Hall–Kier alpha value is -1.00. The van der Waals surface area contributed by atoms with E-state index in [1.165, 1.54) is 19.1 Å². The highest BCUT2D eigenvalue weighted by molar-refractivity contribution is 5.28. The summed E-state index contributed by atoms with van der Waals surface area (Å²) in [5.74, 6) is -1.69. The molecular formula is C13H19F2NO. The van der Waals surface area contributed by atoms with Crippen LogP contribution in [0.15, 0.2) is 12.1 Å². The number of rotatable bonds is 5. The normalized spacial score (nSPS) is 14.7. The van der Waals surface area contributed by atoms with Crippen LogP contribution in [-0.2, 0) is 4.74 Å². The van der Waals surface area contributed by atoms with Crippen LogP contribution in [0.3, 0.4) is 0 Å². The van der Waals surface area contributed by atoms with Crippen molar-refractivity contribution in [2.45, 2.75) is 39.3 Å². The Bertz CT molecular complexity index is 382. The van der Waals surface area contributed by atoms with Crippen LogP contribution in [0.4, 0.5) is 8.78 Å². The van der Waals surface area contributed by atoms with Crippen LogP contribution < -0.4 is 5.73 Å². The third-order valence-corrected chi connectivity index (χ3v) is 2.85. The van der Waals surface area contributed by atoms with Crippen LogP contribution >= 0.6 is 0 Å². The van der Waals surface area contributed by atoms with E-state index >= 15 is 0 Å². The van der Waals surface area contributed by atoms with E-state index < -0.39 is 17.7 Å². The Morgan fingerprint density at radius 1 is 1.24 bits per heavy atom. The largest absolute Gasteiger partial charge is 0.377 e. The van der Waals surface area contributed by atoms with Gasteiger partial charge in [-0.25, -0.2) is 8.78 Å². The first-order valence-corrected chi connectivity index (χ1v) is 5.84. The number of nitrogens with two attached hydrogens (primary N) is 1. The number of ether oxygens (including phenoxy) is 1. The van der Waals surface area contributed by atoms with Gasteiger partial charge in [0.15, 0.2) is 11.6 Å². The molecule has 0 fully saturated rings. The molecule has 0 aliphatic rings. The number of aryl methyl sites for hydroxylation is 1. The molecular weight excluding hydrogens is 224 g/mol. The zero-order valence-corrected chi connectivity index (χ0v) is 10.5. The maximum absolute atomic E-state index is 13.7. The Labute approximate surface area is 101 Å². The maximum Gasteiger partial charge on any atom is 0.163 e. The highest BCUT2D eigenvalue weighted by atomic mass is 19.2. The fraction of sp³-hybridized carbons (Fsp3) is 0.538. The van der Waals surface area contributed by atoms with Gasteiger partial charge >= 0.3 is 0 Å². The van der Waals surface area contributed by atoms with E-state index in [0.717, 1.165) is 0 Å². The van der Waals surface area contributed by atoms with E-state index in [1.807, 2.05) is 13.8 Å². The van der Waals surface area contributed by atoms with Gasteiger partial charge in [0.25, 0.3) is 0 Å². The summed E-state index contributed by atoms with van der Waals surface area (Å²) in [6, 6.07) is 2.42. The summed E-state index contributed by atoms with van der Waals surface area (Å²) in [5.41, 5.74) is 6.38. The van der Waals surface area contributed by atoms with E-state index in [2.05, 4.69) is 0 Å². The highest BCUT2D eigenvalue weighted by Crippen LogP contribution is 2.25. The van der Waals surface area contributed by atoms with Gasteiger partial charge in [-0.15, -0.1) is 0 Å². The van der Waals surface area contributed by atoms with Gasteiger partial charge in [0, 0.05) is 12.2 Å². The first kappa shape index (κ1) is 14.1. The smallest absolute Gasteiger partial charge is 0.163 e. The average molecular weight is 243 g/mol. The minimum Gasteiger partial charge on any atom is -0.377 e. The van der Waals surface area contributed by atoms with Crippen LogP contribution in [-0.4, -0.2) is 12.7 Å². The second kappa shape index (κ2) is 6.07. The van der Waals surface area contributed by atoms with Crippen molar-refractivity contribution in [1.82, 2.24) is 0 Å². The summed E-state index contributed by atoms with van der Waals surface area (Å²) in [5, 5.41) is 0. The van der Waals surface area contributed by atoms with Gasteiger partial charge in [-0.05, 0) is 25.8 Å². The molecule has 96 valence electrons. The molecule has 2 N–H and O–H groups in total. The molecule has 0 saturated heterocycles. The molecule has 2 nitrogen and oxygen atoms in total. The molecule has 17 heavy (non-hydrogen) atoms. The molecule has 0 spiro atoms. The molecule has 2 unspecified atom stereocenters. The Morgan fingerprint density at radius 3 is 2.41 bits per heavy atom. The third-order valence-electron chi connectivity index (χ3n) is 2.85. The number of halogens is 2. The molecule has 0 aliphatic carbocycles. The molecule has 0 amide bonds. The van der Waals surface area contributed by atoms with Crippen molar-refractivity contribution in [1.29, 1.82) is 0 Å². The monoisotopic (exact) mass is 243 g/mol. The van der Waals surface area contributed by atoms with Gasteiger partial charge in [-0.3, -0.25) is 0 Å². The molecule has 4 heteroatoms. The van der Waals surface area contributed by atoms with Crippen LogP contribution in [0.2, 0.25) is 0 Å². The lowest BCUT2D eigenvalue weighted by Crippen LogP contribution is -2.29. The van der Waals surface area contributed by atoms with Gasteiger partial charge < -0.3 is 10.5 Å². The van der Waals surface area contributed by atoms with Crippen molar-refractivity contribution in [3.8, 4) is 0 Å². The Balaban J connectivity index is 3.03. The zero-order chi connectivity index (χ0) is 13.0. The van der Waals surface area contributed by atoms with Gasteiger partial charge in [-0.2, -0.15) is 0 Å². The van der Waals surface area contributed by atoms with Crippen molar-refractivity contribution in [3.05, 3.63) is 34.9 Å². The molecule has 0 heterocycles. The molecule has 0 saturated carbocycles. The molecule has 1 rings (SSSR count). The van der Waals surface area contributed by atoms with E-state index in [1.54, 1.807) is 0 Å². The van der Waals surface area contributed by atoms with Gasteiger partial charge in [0.1, 0.15) is 0 Å². The third kappa shape index (κ3) is 3.01. The number of benzene rings is 1. The lowest BCUT2D eigenvalue weighted by atomic mass is 9.98. The summed E-state index contributed by atoms with van der Waals surface area (Å²) >= 11 is 0. The van der Waals surface area contributed by atoms with Crippen LogP contribution in [0.1, 0.15) is 37.4 Å². The second-order valence-electron chi connectivity index (χ2n) is 4.03. The minimum atomic E-state index is -0.865.